The molecular weight excluding hydrogens is 148 g/mol. The van der Waals surface area contributed by atoms with Crippen molar-refractivity contribution in [3.05, 3.63) is 0 Å². The van der Waals surface area contributed by atoms with Gasteiger partial charge in [-0.25, -0.2) is 0 Å². The van der Waals surface area contributed by atoms with E-state index in [9.17, 15) is 4.79 Å². The minimum absolute atomic E-state index is 0.336. The van der Waals surface area contributed by atoms with E-state index < -0.39 is 5.97 Å². The third kappa shape index (κ3) is 3.16. The van der Waals surface area contributed by atoms with Crippen molar-refractivity contribution in [1.82, 2.24) is 0 Å². The highest BCUT2D eigenvalue weighted by Gasteiger charge is 2.08. The van der Waals surface area contributed by atoms with Crippen LogP contribution in [0.4, 0.5) is 0 Å². The second-order valence-corrected chi connectivity index (χ2v) is 2.72. The van der Waals surface area contributed by atoms with Crippen LogP contribution in [0.15, 0.2) is 0 Å². The standard InChI is InChI=1S/C4H7ClO2S/c1-3(2-8-5)4(6)7/h3H,2H2,1H3,(H,6,7). The Bertz CT molecular complexity index is 86.1. The van der Waals surface area contributed by atoms with Gasteiger partial charge in [-0.2, -0.15) is 0 Å². The molecule has 0 amide bonds. The van der Waals surface area contributed by atoms with Gasteiger partial charge in [0, 0.05) is 5.75 Å². The largest absolute Gasteiger partial charge is 0.481 e. The maximum atomic E-state index is 10.0. The Morgan fingerprint density at radius 1 is 2.00 bits per heavy atom. The molecule has 0 aromatic carbocycles. The van der Waals surface area contributed by atoms with Crippen molar-refractivity contribution in [2.45, 2.75) is 6.92 Å². The summed E-state index contributed by atoms with van der Waals surface area (Å²) in [4.78, 5) is 10.0. The molecule has 0 saturated heterocycles. The fourth-order valence-corrected chi connectivity index (χ4v) is 1.06. The van der Waals surface area contributed by atoms with Gasteiger partial charge >= 0.3 is 5.97 Å². The van der Waals surface area contributed by atoms with E-state index in [1.807, 2.05) is 0 Å². The van der Waals surface area contributed by atoms with Crippen LogP contribution in [-0.4, -0.2) is 16.8 Å². The fraction of sp³-hybridized carbons (Fsp3) is 0.750. The van der Waals surface area contributed by atoms with Crippen LogP contribution < -0.4 is 0 Å². The van der Waals surface area contributed by atoms with Crippen LogP contribution >= 0.6 is 21.7 Å². The Balaban J connectivity index is 3.32. The average Bonchev–Trinajstić information content (AvgIpc) is 1.67. The van der Waals surface area contributed by atoms with Crippen molar-refractivity contribution in [3.8, 4) is 0 Å². The van der Waals surface area contributed by atoms with Crippen molar-refractivity contribution >= 4 is 27.6 Å². The smallest absolute Gasteiger partial charge is 0.307 e. The molecule has 0 saturated carbocycles. The third-order valence-electron chi connectivity index (χ3n) is 0.735. The summed E-state index contributed by atoms with van der Waals surface area (Å²) < 4.78 is 0. The van der Waals surface area contributed by atoms with E-state index in [-0.39, 0.29) is 5.92 Å². The zero-order valence-corrected chi connectivity index (χ0v) is 6.00. The molecule has 0 bridgehead atoms. The molecule has 0 aromatic heterocycles. The lowest BCUT2D eigenvalue weighted by Gasteiger charge is -1.98. The summed E-state index contributed by atoms with van der Waals surface area (Å²) in [5.74, 6) is -0.660. The van der Waals surface area contributed by atoms with Gasteiger partial charge in [0.2, 0.25) is 0 Å². The molecule has 0 aromatic rings. The molecule has 2 nitrogen and oxygen atoms in total. The number of carboxylic acids is 1. The summed E-state index contributed by atoms with van der Waals surface area (Å²) in [7, 11) is 6.22. The van der Waals surface area contributed by atoms with Crippen molar-refractivity contribution < 1.29 is 9.90 Å². The Morgan fingerprint density at radius 2 is 2.50 bits per heavy atom. The highest BCUT2D eigenvalue weighted by molar-refractivity contribution is 8.21. The van der Waals surface area contributed by atoms with Gasteiger partial charge in [0.05, 0.1) is 5.92 Å². The second-order valence-electron chi connectivity index (χ2n) is 1.52. The van der Waals surface area contributed by atoms with E-state index in [0.717, 1.165) is 11.0 Å². The fourth-order valence-electron chi connectivity index (χ4n) is 0.166. The molecule has 0 spiro atoms. The van der Waals surface area contributed by atoms with E-state index in [1.165, 1.54) is 0 Å². The molecule has 1 unspecified atom stereocenters. The van der Waals surface area contributed by atoms with E-state index in [4.69, 9.17) is 15.8 Å². The first kappa shape index (κ1) is 8.11. The van der Waals surface area contributed by atoms with Gasteiger partial charge < -0.3 is 5.11 Å². The minimum atomic E-state index is -0.793. The maximum Gasteiger partial charge on any atom is 0.307 e. The number of halogens is 1. The molecule has 0 aliphatic carbocycles. The van der Waals surface area contributed by atoms with Crippen LogP contribution in [0.25, 0.3) is 0 Å². The van der Waals surface area contributed by atoms with Crippen molar-refractivity contribution in [2.24, 2.45) is 5.92 Å². The molecular formula is C4H7ClO2S. The number of hydrogen-bond donors (Lipinski definition) is 1. The lowest BCUT2D eigenvalue weighted by Crippen LogP contribution is -2.10. The second kappa shape index (κ2) is 4.04. The minimum Gasteiger partial charge on any atom is -0.481 e. The summed E-state index contributed by atoms with van der Waals surface area (Å²) in [5, 5.41) is 8.24. The van der Waals surface area contributed by atoms with Crippen molar-refractivity contribution in [1.29, 1.82) is 0 Å². The first-order valence-electron chi connectivity index (χ1n) is 2.14. The zero-order chi connectivity index (χ0) is 6.57. The predicted octanol–water partition coefficient (Wildman–Crippen LogP) is 1.59. The SMILES string of the molecule is CC(CSCl)C(=O)O. The molecule has 1 N–H and O–H groups in total. The summed E-state index contributed by atoms with van der Waals surface area (Å²) in [6.45, 7) is 1.62. The van der Waals surface area contributed by atoms with Crippen LogP contribution in [-0.2, 0) is 4.79 Å². The zero-order valence-electron chi connectivity index (χ0n) is 4.43. The number of hydrogen-bond acceptors (Lipinski definition) is 2. The first-order chi connectivity index (χ1) is 3.68. The van der Waals surface area contributed by atoms with Crippen LogP contribution in [0.2, 0.25) is 0 Å². The van der Waals surface area contributed by atoms with E-state index in [0.29, 0.717) is 5.75 Å². The quantitative estimate of drug-likeness (QED) is 0.671. The molecule has 4 heteroatoms. The molecule has 0 aliphatic rings. The summed E-state index contributed by atoms with van der Waals surface area (Å²) >= 11 is 0. The van der Waals surface area contributed by atoms with Gasteiger partial charge in [0.15, 0.2) is 0 Å². The van der Waals surface area contributed by atoms with Crippen LogP contribution in [0.5, 0.6) is 0 Å². The molecule has 0 heterocycles. The highest BCUT2D eigenvalue weighted by atomic mass is 35.7. The number of carboxylic acid groups (broad SMARTS) is 1. The van der Waals surface area contributed by atoms with E-state index >= 15 is 0 Å². The van der Waals surface area contributed by atoms with Gasteiger partial charge in [-0.1, -0.05) is 17.9 Å². The first-order valence-corrected chi connectivity index (χ1v) is 3.96. The lowest BCUT2D eigenvalue weighted by atomic mass is 10.2. The Hall–Kier alpha value is 0.110. The Labute approximate surface area is 56.7 Å². The third-order valence-corrected chi connectivity index (χ3v) is 1.74. The lowest BCUT2D eigenvalue weighted by molar-refractivity contribution is -0.140. The van der Waals surface area contributed by atoms with E-state index in [2.05, 4.69) is 0 Å². The monoisotopic (exact) mass is 154 g/mol. The predicted molar refractivity (Wildman–Crippen MR) is 35.1 cm³/mol. The summed E-state index contributed by atoms with van der Waals surface area (Å²) in [5.41, 5.74) is 0. The molecule has 1 atom stereocenters. The Morgan fingerprint density at radius 3 is 2.62 bits per heavy atom. The number of rotatable bonds is 3. The Kier molecular flexibility index (Phi) is 4.09. The van der Waals surface area contributed by atoms with Crippen LogP contribution in [0, 0.1) is 5.92 Å². The molecule has 0 radical (unpaired) electrons. The van der Waals surface area contributed by atoms with Gasteiger partial charge in [0.25, 0.3) is 0 Å². The van der Waals surface area contributed by atoms with Gasteiger partial charge in [-0.05, 0) is 10.7 Å². The molecule has 0 aliphatic heterocycles. The van der Waals surface area contributed by atoms with Gasteiger partial charge in [-0.3, -0.25) is 4.79 Å². The molecule has 8 heavy (non-hydrogen) atoms. The molecule has 0 fully saturated rings. The van der Waals surface area contributed by atoms with Crippen LogP contribution in [0.1, 0.15) is 6.92 Å². The van der Waals surface area contributed by atoms with Crippen LogP contribution in [0.3, 0.4) is 0 Å². The van der Waals surface area contributed by atoms with Crippen molar-refractivity contribution in [2.75, 3.05) is 5.75 Å². The summed E-state index contributed by atoms with van der Waals surface area (Å²) in [6, 6.07) is 0. The number of carbonyl (C=O) groups is 1. The van der Waals surface area contributed by atoms with Gasteiger partial charge in [0.1, 0.15) is 0 Å². The topological polar surface area (TPSA) is 37.3 Å². The van der Waals surface area contributed by atoms with Gasteiger partial charge in [-0.15, -0.1) is 0 Å². The van der Waals surface area contributed by atoms with Crippen molar-refractivity contribution in [3.63, 3.8) is 0 Å². The number of aliphatic carboxylic acids is 1. The molecule has 48 valence electrons. The van der Waals surface area contributed by atoms with E-state index in [1.54, 1.807) is 6.92 Å². The summed E-state index contributed by atoms with van der Waals surface area (Å²) in [6.07, 6.45) is 0. The maximum absolute atomic E-state index is 10.0. The highest BCUT2D eigenvalue weighted by Crippen LogP contribution is 2.11. The average molecular weight is 155 g/mol. The molecule has 0 rings (SSSR count). The normalized spacial score (nSPS) is 13.2.